The molecule has 1 unspecified atom stereocenters. The Morgan fingerprint density at radius 1 is 1.27 bits per heavy atom. The highest BCUT2D eigenvalue weighted by atomic mass is 14.0. The van der Waals surface area contributed by atoms with Crippen molar-refractivity contribution in [1.82, 2.24) is 0 Å². The molecule has 0 spiro atoms. The molecule has 0 aliphatic heterocycles. The van der Waals surface area contributed by atoms with E-state index in [2.05, 4.69) is 20.4 Å². The Kier molecular flexibility index (Phi) is 7.66. The van der Waals surface area contributed by atoms with E-state index in [1.165, 1.54) is 38.5 Å². The molecule has 0 N–H and O–H groups in total. The first-order valence-electron chi connectivity index (χ1n) is 4.92. The van der Waals surface area contributed by atoms with Gasteiger partial charge in [0, 0.05) is 0 Å². The molecular weight excluding hydrogens is 132 g/mol. The molecular formula is C11H22. The predicted octanol–water partition coefficient (Wildman–Crippen LogP) is 4.17. The highest BCUT2D eigenvalue weighted by Crippen LogP contribution is 2.13. The van der Waals surface area contributed by atoms with Crippen molar-refractivity contribution in [3.05, 3.63) is 12.7 Å². The van der Waals surface area contributed by atoms with Crippen LogP contribution < -0.4 is 0 Å². The lowest BCUT2D eigenvalue weighted by Gasteiger charge is -2.06. The summed E-state index contributed by atoms with van der Waals surface area (Å²) in [7, 11) is 0. The number of hydrogen-bond donors (Lipinski definition) is 0. The van der Waals surface area contributed by atoms with Crippen LogP contribution in [0.4, 0.5) is 0 Å². The van der Waals surface area contributed by atoms with Gasteiger partial charge in [-0.05, 0) is 12.3 Å². The average Bonchev–Trinajstić information content (AvgIpc) is 1.99. The Morgan fingerprint density at radius 2 is 2.00 bits per heavy atom. The molecule has 0 heterocycles. The van der Waals surface area contributed by atoms with Crippen LogP contribution in [0.2, 0.25) is 0 Å². The minimum atomic E-state index is 0.851. The Bertz CT molecular complexity index is 84.0. The Labute approximate surface area is 71.7 Å². The van der Waals surface area contributed by atoms with E-state index < -0.39 is 0 Å². The summed E-state index contributed by atoms with van der Waals surface area (Å²) in [5.74, 6) is 0.851. The van der Waals surface area contributed by atoms with Crippen molar-refractivity contribution < 1.29 is 0 Å². The SMILES string of the molecule is C=CCC(C)CCCCCC. The Morgan fingerprint density at radius 3 is 2.55 bits per heavy atom. The normalized spacial score (nSPS) is 12.9. The lowest BCUT2D eigenvalue weighted by atomic mass is 10.00. The average molecular weight is 154 g/mol. The fourth-order valence-electron chi connectivity index (χ4n) is 1.32. The van der Waals surface area contributed by atoms with Crippen molar-refractivity contribution in [1.29, 1.82) is 0 Å². The van der Waals surface area contributed by atoms with E-state index in [9.17, 15) is 0 Å². The third-order valence-corrected chi connectivity index (χ3v) is 2.12. The second-order valence-electron chi connectivity index (χ2n) is 3.48. The fraction of sp³-hybridized carbons (Fsp3) is 0.818. The molecule has 11 heavy (non-hydrogen) atoms. The van der Waals surface area contributed by atoms with Gasteiger partial charge in [-0.3, -0.25) is 0 Å². The van der Waals surface area contributed by atoms with Crippen molar-refractivity contribution in [3.8, 4) is 0 Å². The largest absolute Gasteiger partial charge is 0.103 e. The summed E-state index contributed by atoms with van der Waals surface area (Å²) in [4.78, 5) is 0. The van der Waals surface area contributed by atoms with Gasteiger partial charge in [0.2, 0.25) is 0 Å². The summed E-state index contributed by atoms with van der Waals surface area (Å²) in [6, 6.07) is 0. The van der Waals surface area contributed by atoms with Crippen LogP contribution in [0, 0.1) is 5.92 Å². The number of unbranched alkanes of at least 4 members (excludes halogenated alkanes) is 3. The molecule has 0 radical (unpaired) electrons. The number of hydrogen-bond acceptors (Lipinski definition) is 0. The first-order chi connectivity index (χ1) is 5.31. The molecule has 0 aromatic carbocycles. The van der Waals surface area contributed by atoms with Gasteiger partial charge in [-0.15, -0.1) is 6.58 Å². The van der Waals surface area contributed by atoms with Crippen LogP contribution in [0.5, 0.6) is 0 Å². The maximum Gasteiger partial charge on any atom is -0.0328 e. The third kappa shape index (κ3) is 7.64. The molecule has 0 saturated heterocycles. The van der Waals surface area contributed by atoms with Crippen molar-refractivity contribution in [2.45, 2.75) is 52.4 Å². The molecule has 66 valence electrons. The molecule has 0 heteroatoms. The van der Waals surface area contributed by atoms with E-state index >= 15 is 0 Å². The van der Waals surface area contributed by atoms with Gasteiger partial charge in [0.1, 0.15) is 0 Å². The van der Waals surface area contributed by atoms with Crippen LogP contribution in [0.15, 0.2) is 12.7 Å². The highest BCUT2D eigenvalue weighted by molar-refractivity contribution is 4.70. The third-order valence-electron chi connectivity index (χ3n) is 2.12. The molecule has 0 saturated carbocycles. The van der Waals surface area contributed by atoms with Crippen LogP contribution in [0.1, 0.15) is 52.4 Å². The maximum absolute atomic E-state index is 3.75. The predicted molar refractivity (Wildman–Crippen MR) is 52.7 cm³/mol. The zero-order valence-corrected chi connectivity index (χ0v) is 8.10. The number of allylic oxidation sites excluding steroid dienone is 1. The van der Waals surface area contributed by atoms with E-state index in [0.717, 1.165) is 5.92 Å². The topological polar surface area (TPSA) is 0 Å². The summed E-state index contributed by atoms with van der Waals surface area (Å²) in [6.45, 7) is 8.32. The molecule has 0 aliphatic rings. The molecule has 0 rings (SSSR count). The summed E-state index contributed by atoms with van der Waals surface area (Å²) in [5.41, 5.74) is 0. The molecule has 0 bridgehead atoms. The Balaban J connectivity index is 3.03. The first-order valence-corrected chi connectivity index (χ1v) is 4.92. The van der Waals surface area contributed by atoms with Gasteiger partial charge in [-0.2, -0.15) is 0 Å². The van der Waals surface area contributed by atoms with Crippen LogP contribution in [0.25, 0.3) is 0 Å². The van der Waals surface area contributed by atoms with E-state index in [1.807, 2.05) is 6.08 Å². The van der Waals surface area contributed by atoms with Gasteiger partial charge in [0.05, 0.1) is 0 Å². The minimum absolute atomic E-state index is 0.851. The molecule has 0 aromatic heterocycles. The zero-order chi connectivity index (χ0) is 8.53. The lowest BCUT2D eigenvalue weighted by molar-refractivity contribution is 0.494. The Hall–Kier alpha value is -0.260. The van der Waals surface area contributed by atoms with Crippen LogP contribution in [0.3, 0.4) is 0 Å². The van der Waals surface area contributed by atoms with Crippen molar-refractivity contribution in [2.75, 3.05) is 0 Å². The van der Waals surface area contributed by atoms with E-state index in [0.29, 0.717) is 0 Å². The monoisotopic (exact) mass is 154 g/mol. The summed E-state index contributed by atoms with van der Waals surface area (Å²) >= 11 is 0. The zero-order valence-electron chi connectivity index (χ0n) is 8.10. The summed E-state index contributed by atoms with van der Waals surface area (Å²) < 4.78 is 0. The second-order valence-corrected chi connectivity index (χ2v) is 3.48. The fourth-order valence-corrected chi connectivity index (χ4v) is 1.32. The quantitative estimate of drug-likeness (QED) is 0.381. The van der Waals surface area contributed by atoms with Crippen LogP contribution in [-0.4, -0.2) is 0 Å². The van der Waals surface area contributed by atoms with Crippen molar-refractivity contribution >= 4 is 0 Å². The van der Waals surface area contributed by atoms with Crippen molar-refractivity contribution in [3.63, 3.8) is 0 Å². The number of rotatable bonds is 7. The molecule has 0 aromatic rings. The van der Waals surface area contributed by atoms with Gasteiger partial charge in [-0.1, -0.05) is 52.0 Å². The van der Waals surface area contributed by atoms with Crippen molar-refractivity contribution in [2.24, 2.45) is 5.92 Å². The highest BCUT2D eigenvalue weighted by Gasteiger charge is 1.97. The van der Waals surface area contributed by atoms with Crippen LogP contribution in [-0.2, 0) is 0 Å². The minimum Gasteiger partial charge on any atom is -0.103 e. The van der Waals surface area contributed by atoms with Gasteiger partial charge in [-0.25, -0.2) is 0 Å². The molecule has 0 nitrogen and oxygen atoms in total. The van der Waals surface area contributed by atoms with E-state index in [-0.39, 0.29) is 0 Å². The molecule has 1 atom stereocenters. The second kappa shape index (κ2) is 7.84. The first kappa shape index (κ1) is 10.7. The smallest absolute Gasteiger partial charge is 0.0328 e. The van der Waals surface area contributed by atoms with E-state index in [1.54, 1.807) is 0 Å². The van der Waals surface area contributed by atoms with E-state index in [4.69, 9.17) is 0 Å². The standard InChI is InChI=1S/C11H22/c1-4-6-7-8-10-11(3)9-5-2/h5,11H,2,4,6-10H2,1,3H3. The van der Waals surface area contributed by atoms with Gasteiger partial charge in [0.25, 0.3) is 0 Å². The van der Waals surface area contributed by atoms with Crippen LogP contribution >= 0.6 is 0 Å². The van der Waals surface area contributed by atoms with Gasteiger partial charge >= 0.3 is 0 Å². The van der Waals surface area contributed by atoms with Gasteiger partial charge < -0.3 is 0 Å². The maximum atomic E-state index is 3.75. The molecule has 0 aliphatic carbocycles. The summed E-state index contributed by atoms with van der Waals surface area (Å²) in [5, 5.41) is 0. The molecule has 0 amide bonds. The summed E-state index contributed by atoms with van der Waals surface area (Å²) in [6.07, 6.45) is 10.2. The van der Waals surface area contributed by atoms with Gasteiger partial charge in [0.15, 0.2) is 0 Å². The lowest BCUT2D eigenvalue weighted by Crippen LogP contribution is -1.91. The molecule has 0 fully saturated rings.